The Hall–Kier alpha value is -5.12. The van der Waals surface area contributed by atoms with E-state index in [9.17, 15) is 14.0 Å². The maximum Gasteiger partial charge on any atom is 0.266 e. The predicted molar refractivity (Wildman–Crippen MR) is 153 cm³/mol. The van der Waals surface area contributed by atoms with Crippen LogP contribution in [0.1, 0.15) is 32.7 Å². The fourth-order valence-electron chi connectivity index (χ4n) is 4.80. The van der Waals surface area contributed by atoms with E-state index in [0.717, 1.165) is 5.56 Å². The third-order valence-electron chi connectivity index (χ3n) is 7.20. The second-order valence-corrected chi connectivity index (χ2v) is 9.67. The van der Waals surface area contributed by atoms with Gasteiger partial charge in [0, 0.05) is 36.1 Å². The van der Waals surface area contributed by atoms with Gasteiger partial charge >= 0.3 is 0 Å². The van der Waals surface area contributed by atoms with Crippen LogP contribution < -0.4 is 19.8 Å². The highest BCUT2D eigenvalue weighted by Crippen LogP contribution is 2.34. The lowest BCUT2D eigenvalue weighted by Gasteiger charge is -2.18. The summed E-state index contributed by atoms with van der Waals surface area (Å²) in [7, 11) is 2.93. The van der Waals surface area contributed by atoms with Crippen LogP contribution in [0.25, 0.3) is 16.7 Å². The molecule has 0 saturated heterocycles. The number of fused-ring (bicyclic) bond motifs is 1. The number of hydrogen-bond acceptors (Lipinski definition) is 7. The summed E-state index contributed by atoms with van der Waals surface area (Å²) in [4.78, 5) is 35.6. The lowest BCUT2D eigenvalue weighted by Crippen LogP contribution is -2.30. The number of hydrogen-bond donors (Lipinski definition) is 0. The Balaban J connectivity index is 1.45. The molecule has 5 rings (SSSR count). The lowest BCUT2D eigenvalue weighted by molar-refractivity contribution is 0.0990. The number of Topliss-reactive ketones (excluding diaryl/α,β-unsaturated/α-hetero) is 1. The van der Waals surface area contributed by atoms with Crippen molar-refractivity contribution in [2.75, 3.05) is 14.2 Å². The second kappa shape index (κ2) is 11.4. The van der Waals surface area contributed by atoms with E-state index >= 15 is 4.39 Å². The molecule has 0 aliphatic carbocycles. The molecule has 0 atom stereocenters. The molecule has 0 aliphatic heterocycles. The molecule has 2 aromatic carbocycles. The van der Waals surface area contributed by atoms with Crippen LogP contribution >= 0.6 is 0 Å². The SMILES string of the molecule is COc1cc2nccc(Oc3ccc(CC(=O)c4c(C)c(C)c(C)n(-c5ccc(F)cc5)c4=O)cc3F)c2nc1OC. The zero-order valence-electron chi connectivity index (χ0n) is 23.6. The van der Waals surface area contributed by atoms with Gasteiger partial charge in [-0.25, -0.2) is 13.8 Å². The Morgan fingerprint density at radius 3 is 2.29 bits per heavy atom. The normalized spacial score (nSPS) is 11.0. The summed E-state index contributed by atoms with van der Waals surface area (Å²) in [5.41, 5.74) is 3.03. The second-order valence-electron chi connectivity index (χ2n) is 9.67. The fraction of sp³-hybridized carbons (Fsp3) is 0.188. The number of ketones is 1. The number of ether oxygens (including phenoxy) is 3. The van der Waals surface area contributed by atoms with Gasteiger partial charge in [0.05, 0.1) is 25.3 Å². The van der Waals surface area contributed by atoms with Gasteiger partial charge in [-0.05, 0) is 73.9 Å². The summed E-state index contributed by atoms with van der Waals surface area (Å²) >= 11 is 0. The monoisotopic (exact) mass is 571 g/mol. The molecule has 3 aromatic heterocycles. The molecule has 0 spiro atoms. The van der Waals surface area contributed by atoms with E-state index in [-0.39, 0.29) is 29.4 Å². The first-order chi connectivity index (χ1) is 20.1. The zero-order chi connectivity index (χ0) is 30.1. The average Bonchev–Trinajstić information content (AvgIpc) is 2.98. The number of rotatable bonds is 8. The van der Waals surface area contributed by atoms with Crippen LogP contribution in [0.15, 0.2) is 65.6 Å². The van der Waals surface area contributed by atoms with Gasteiger partial charge in [-0.15, -0.1) is 0 Å². The van der Waals surface area contributed by atoms with Crippen molar-refractivity contribution in [1.29, 1.82) is 0 Å². The topological polar surface area (TPSA) is 92.5 Å². The van der Waals surface area contributed by atoms with Gasteiger partial charge in [-0.3, -0.25) is 19.1 Å². The van der Waals surface area contributed by atoms with Crippen LogP contribution in [0.4, 0.5) is 8.78 Å². The lowest BCUT2D eigenvalue weighted by atomic mass is 9.96. The molecule has 0 aliphatic rings. The molecule has 0 bridgehead atoms. The van der Waals surface area contributed by atoms with Crippen LogP contribution in [0.3, 0.4) is 0 Å². The molecule has 0 saturated carbocycles. The van der Waals surface area contributed by atoms with Crippen molar-refractivity contribution in [1.82, 2.24) is 14.5 Å². The summed E-state index contributed by atoms with van der Waals surface area (Å²) in [6, 6.07) is 12.8. The molecule has 214 valence electrons. The van der Waals surface area contributed by atoms with Crippen molar-refractivity contribution in [3.05, 3.63) is 111 Å². The van der Waals surface area contributed by atoms with E-state index < -0.39 is 23.0 Å². The van der Waals surface area contributed by atoms with Crippen molar-refractivity contribution in [3.63, 3.8) is 0 Å². The van der Waals surface area contributed by atoms with Crippen LogP contribution in [0, 0.1) is 32.4 Å². The highest BCUT2D eigenvalue weighted by atomic mass is 19.1. The molecule has 0 radical (unpaired) electrons. The Morgan fingerprint density at radius 2 is 1.62 bits per heavy atom. The summed E-state index contributed by atoms with van der Waals surface area (Å²) < 4.78 is 46.5. The van der Waals surface area contributed by atoms with Gasteiger partial charge in [0.2, 0.25) is 0 Å². The first-order valence-corrected chi connectivity index (χ1v) is 13.0. The number of carbonyl (C=O) groups excluding carboxylic acids is 1. The highest BCUT2D eigenvalue weighted by Gasteiger charge is 2.22. The van der Waals surface area contributed by atoms with Crippen molar-refractivity contribution in [3.8, 4) is 28.8 Å². The van der Waals surface area contributed by atoms with E-state index in [1.54, 1.807) is 32.0 Å². The zero-order valence-corrected chi connectivity index (χ0v) is 23.6. The van der Waals surface area contributed by atoms with Crippen LogP contribution in [-0.2, 0) is 6.42 Å². The molecule has 42 heavy (non-hydrogen) atoms. The predicted octanol–water partition coefficient (Wildman–Crippen LogP) is 6.22. The van der Waals surface area contributed by atoms with Crippen molar-refractivity contribution in [2.45, 2.75) is 27.2 Å². The Bertz CT molecular complexity index is 1900. The van der Waals surface area contributed by atoms with Gasteiger partial charge in [0.25, 0.3) is 11.4 Å². The molecule has 10 heteroatoms. The largest absolute Gasteiger partial charge is 0.491 e. The quantitative estimate of drug-likeness (QED) is 0.204. The molecule has 0 unspecified atom stereocenters. The summed E-state index contributed by atoms with van der Waals surface area (Å²) in [5, 5.41) is 0. The number of pyridine rings is 3. The molecule has 3 heterocycles. The van der Waals surface area contributed by atoms with E-state index in [2.05, 4.69) is 9.97 Å². The first-order valence-electron chi connectivity index (χ1n) is 13.0. The van der Waals surface area contributed by atoms with Gasteiger partial charge in [-0.2, -0.15) is 0 Å². The molecule has 0 fully saturated rings. The van der Waals surface area contributed by atoms with Gasteiger partial charge in [-0.1, -0.05) is 6.07 Å². The Kier molecular flexibility index (Phi) is 7.71. The summed E-state index contributed by atoms with van der Waals surface area (Å²) in [5.74, 6) is -0.837. The maximum atomic E-state index is 15.2. The number of carbonyl (C=O) groups is 1. The molecule has 0 amide bonds. The minimum atomic E-state index is -0.703. The molecular formula is C32H27F2N3O5. The maximum absolute atomic E-state index is 15.2. The molecule has 5 aromatic rings. The highest BCUT2D eigenvalue weighted by molar-refractivity contribution is 5.99. The first kappa shape index (κ1) is 28.4. The van der Waals surface area contributed by atoms with E-state index in [0.29, 0.717) is 39.3 Å². The number of methoxy groups -OCH3 is 2. The number of halogens is 2. The minimum Gasteiger partial charge on any atom is -0.491 e. The van der Waals surface area contributed by atoms with Crippen molar-refractivity contribution < 1.29 is 27.8 Å². The Labute approximate surface area is 240 Å². The average molecular weight is 572 g/mol. The van der Waals surface area contributed by atoms with Crippen LogP contribution in [0.5, 0.6) is 23.1 Å². The molecular weight excluding hydrogens is 544 g/mol. The number of benzene rings is 2. The third kappa shape index (κ3) is 5.18. The van der Waals surface area contributed by atoms with Gasteiger partial charge in [0.15, 0.2) is 28.8 Å². The van der Waals surface area contributed by atoms with Gasteiger partial charge in [0.1, 0.15) is 11.3 Å². The summed E-state index contributed by atoms with van der Waals surface area (Å²) in [6.45, 7) is 5.29. The van der Waals surface area contributed by atoms with Gasteiger partial charge < -0.3 is 14.2 Å². The van der Waals surface area contributed by atoms with E-state index in [4.69, 9.17) is 14.2 Å². The van der Waals surface area contributed by atoms with Crippen molar-refractivity contribution >= 4 is 16.8 Å². The van der Waals surface area contributed by atoms with E-state index in [1.165, 1.54) is 61.4 Å². The van der Waals surface area contributed by atoms with Crippen molar-refractivity contribution in [2.24, 2.45) is 0 Å². The van der Waals surface area contributed by atoms with Crippen LogP contribution in [0.2, 0.25) is 0 Å². The smallest absolute Gasteiger partial charge is 0.266 e. The fourth-order valence-corrected chi connectivity index (χ4v) is 4.80. The third-order valence-corrected chi connectivity index (χ3v) is 7.20. The Morgan fingerprint density at radius 1 is 0.881 bits per heavy atom. The standard InChI is InChI=1S/C32H27F2N3O5/c1-17-18(2)29(32(39)37(19(17)3)22-9-7-21(33)8-10-22)25(38)15-20-6-11-26(23(34)14-20)42-27-12-13-35-24-16-28(40-4)31(41-5)36-30(24)27/h6-14,16H,15H2,1-5H3. The summed E-state index contributed by atoms with van der Waals surface area (Å²) in [6.07, 6.45) is 1.29. The van der Waals surface area contributed by atoms with Crippen LogP contribution in [-0.4, -0.2) is 34.5 Å². The minimum absolute atomic E-state index is 0.00173. The van der Waals surface area contributed by atoms with E-state index in [1.807, 2.05) is 6.92 Å². The molecule has 0 N–H and O–H groups in total. The molecule has 8 nitrogen and oxygen atoms in total. The number of nitrogens with zero attached hydrogens (tertiary/aromatic N) is 3. The number of aromatic nitrogens is 3.